The lowest BCUT2D eigenvalue weighted by atomic mass is 10.1. The topological polar surface area (TPSA) is 22.0 Å². The van der Waals surface area contributed by atoms with E-state index in [9.17, 15) is 4.79 Å². The summed E-state index contributed by atoms with van der Waals surface area (Å²) in [4.78, 5) is 14.7. The second kappa shape index (κ2) is 6.62. The summed E-state index contributed by atoms with van der Waals surface area (Å²) < 4.78 is 2.17. The van der Waals surface area contributed by atoms with Crippen molar-refractivity contribution in [2.45, 2.75) is 27.7 Å². The van der Waals surface area contributed by atoms with Crippen LogP contribution < -0.4 is 0 Å². The molecule has 0 aliphatic rings. The third-order valence-corrected chi connectivity index (χ3v) is 5.21. The number of carbonyl (C=O) groups excluding carboxylic acids is 1. The van der Waals surface area contributed by atoms with Crippen molar-refractivity contribution in [3.8, 4) is 5.69 Å². The molecule has 2 aromatic heterocycles. The molecule has 0 fully saturated rings. The molecule has 3 heteroatoms. The molecule has 3 aromatic rings. The van der Waals surface area contributed by atoms with E-state index in [-0.39, 0.29) is 5.78 Å². The Morgan fingerprint density at radius 2 is 1.79 bits per heavy atom. The van der Waals surface area contributed by atoms with Gasteiger partial charge in [0.2, 0.25) is 0 Å². The molecular formula is C21H21NOS. The second-order valence-corrected chi connectivity index (χ2v) is 7.50. The first kappa shape index (κ1) is 16.5. The summed E-state index contributed by atoms with van der Waals surface area (Å²) in [6, 6.07) is 12.2. The van der Waals surface area contributed by atoms with Crippen molar-refractivity contribution < 1.29 is 4.79 Å². The van der Waals surface area contributed by atoms with Gasteiger partial charge in [0.1, 0.15) is 0 Å². The Kier molecular flexibility index (Phi) is 4.54. The minimum absolute atomic E-state index is 0.0723. The van der Waals surface area contributed by atoms with Gasteiger partial charge in [0.15, 0.2) is 5.78 Å². The fourth-order valence-electron chi connectivity index (χ4n) is 3.01. The number of benzene rings is 1. The standard InChI is InChI=1S/C21H21NOS/c1-14-13-22(18-8-6-5-7-9-18)16(3)19(14)10-11-21(23)20-12-15(2)24-17(20)4/h5-13H,1-4H3/b11-10+. The first-order valence-corrected chi connectivity index (χ1v) is 8.82. The summed E-state index contributed by atoms with van der Waals surface area (Å²) in [7, 11) is 0. The molecule has 0 N–H and O–H groups in total. The van der Waals surface area contributed by atoms with Gasteiger partial charge in [-0.15, -0.1) is 11.3 Å². The number of thiophene rings is 1. The van der Waals surface area contributed by atoms with Crippen LogP contribution in [0.25, 0.3) is 11.8 Å². The van der Waals surface area contributed by atoms with Gasteiger partial charge in [0.25, 0.3) is 0 Å². The molecule has 0 spiro atoms. The Morgan fingerprint density at radius 1 is 1.08 bits per heavy atom. The van der Waals surface area contributed by atoms with Crippen molar-refractivity contribution in [2.24, 2.45) is 0 Å². The molecule has 0 aliphatic heterocycles. The number of ketones is 1. The molecule has 0 atom stereocenters. The summed E-state index contributed by atoms with van der Waals surface area (Å²) >= 11 is 1.67. The van der Waals surface area contributed by atoms with Gasteiger partial charge in [0, 0.05) is 32.9 Å². The molecule has 2 heterocycles. The van der Waals surface area contributed by atoms with Gasteiger partial charge >= 0.3 is 0 Å². The number of carbonyl (C=O) groups is 1. The zero-order valence-corrected chi connectivity index (χ0v) is 15.3. The average molecular weight is 335 g/mol. The lowest BCUT2D eigenvalue weighted by Crippen LogP contribution is -1.95. The quantitative estimate of drug-likeness (QED) is 0.445. The molecule has 24 heavy (non-hydrogen) atoms. The highest BCUT2D eigenvalue weighted by Crippen LogP contribution is 2.24. The number of para-hydroxylation sites is 1. The maximum atomic E-state index is 12.5. The molecular weight excluding hydrogens is 314 g/mol. The summed E-state index contributed by atoms with van der Waals surface area (Å²) in [6.45, 7) is 8.20. The van der Waals surface area contributed by atoms with Gasteiger partial charge in [-0.1, -0.05) is 18.2 Å². The number of allylic oxidation sites excluding steroid dienone is 1. The number of nitrogens with zero attached hydrogens (tertiary/aromatic N) is 1. The molecule has 122 valence electrons. The van der Waals surface area contributed by atoms with E-state index in [0.717, 1.165) is 27.4 Å². The number of rotatable bonds is 4. The number of hydrogen-bond donors (Lipinski definition) is 0. The Labute approximate surface area is 147 Å². The maximum absolute atomic E-state index is 12.5. The first-order valence-electron chi connectivity index (χ1n) is 8.01. The van der Waals surface area contributed by atoms with Crippen LogP contribution in [0.15, 0.2) is 48.7 Å². The van der Waals surface area contributed by atoms with E-state index in [1.807, 2.05) is 44.2 Å². The minimum Gasteiger partial charge on any atom is -0.320 e. The molecule has 0 bridgehead atoms. The fraction of sp³-hybridized carbons (Fsp3) is 0.190. The average Bonchev–Trinajstić information content (AvgIpc) is 3.05. The Morgan fingerprint density at radius 3 is 2.42 bits per heavy atom. The van der Waals surface area contributed by atoms with Crippen LogP contribution in [-0.4, -0.2) is 10.4 Å². The van der Waals surface area contributed by atoms with Crippen molar-refractivity contribution in [1.82, 2.24) is 4.57 Å². The molecule has 0 saturated carbocycles. The molecule has 0 radical (unpaired) electrons. The van der Waals surface area contributed by atoms with Crippen LogP contribution in [-0.2, 0) is 0 Å². The van der Waals surface area contributed by atoms with E-state index in [2.05, 4.69) is 36.7 Å². The van der Waals surface area contributed by atoms with E-state index in [1.165, 1.54) is 10.4 Å². The highest BCUT2D eigenvalue weighted by molar-refractivity contribution is 7.12. The van der Waals surface area contributed by atoms with Gasteiger partial charge in [0.05, 0.1) is 0 Å². The minimum atomic E-state index is 0.0723. The number of hydrogen-bond acceptors (Lipinski definition) is 2. The first-order chi connectivity index (χ1) is 11.5. The van der Waals surface area contributed by atoms with Crippen molar-refractivity contribution in [1.29, 1.82) is 0 Å². The van der Waals surface area contributed by atoms with E-state index >= 15 is 0 Å². The van der Waals surface area contributed by atoms with Gasteiger partial charge in [-0.2, -0.15) is 0 Å². The van der Waals surface area contributed by atoms with Crippen LogP contribution in [0.3, 0.4) is 0 Å². The lowest BCUT2D eigenvalue weighted by Gasteiger charge is -2.05. The van der Waals surface area contributed by atoms with Crippen LogP contribution in [0.5, 0.6) is 0 Å². The van der Waals surface area contributed by atoms with Crippen molar-refractivity contribution in [3.05, 3.63) is 80.8 Å². The molecule has 0 saturated heterocycles. The van der Waals surface area contributed by atoms with Crippen LogP contribution in [0, 0.1) is 27.7 Å². The molecule has 0 unspecified atom stereocenters. The number of aryl methyl sites for hydroxylation is 3. The van der Waals surface area contributed by atoms with Gasteiger partial charge in [-0.05, 0) is 69.2 Å². The van der Waals surface area contributed by atoms with Gasteiger partial charge < -0.3 is 4.57 Å². The molecule has 3 rings (SSSR count). The van der Waals surface area contributed by atoms with Crippen LogP contribution in [0.1, 0.15) is 36.9 Å². The molecule has 2 nitrogen and oxygen atoms in total. The van der Waals surface area contributed by atoms with Crippen molar-refractivity contribution >= 4 is 23.2 Å². The van der Waals surface area contributed by atoms with E-state index < -0.39 is 0 Å². The predicted molar refractivity (Wildman–Crippen MR) is 102 cm³/mol. The Balaban J connectivity index is 1.92. The normalized spacial score (nSPS) is 11.3. The smallest absolute Gasteiger partial charge is 0.186 e. The van der Waals surface area contributed by atoms with Crippen LogP contribution >= 0.6 is 11.3 Å². The van der Waals surface area contributed by atoms with E-state index in [1.54, 1.807) is 17.4 Å². The van der Waals surface area contributed by atoms with Crippen molar-refractivity contribution in [2.75, 3.05) is 0 Å². The predicted octanol–water partition coefficient (Wildman–Crippen LogP) is 5.67. The largest absolute Gasteiger partial charge is 0.320 e. The highest BCUT2D eigenvalue weighted by atomic mass is 32.1. The monoisotopic (exact) mass is 335 g/mol. The SMILES string of the molecule is Cc1cc(C(=O)/C=C/c2c(C)cn(-c3ccccc3)c2C)c(C)s1. The summed E-state index contributed by atoms with van der Waals surface area (Å²) in [6.07, 6.45) is 5.76. The van der Waals surface area contributed by atoms with Crippen LogP contribution in [0.4, 0.5) is 0 Å². The highest BCUT2D eigenvalue weighted by Gasteiger charge is 2.11. The summed E-state index contributed by atoms with van der Waals surface area (Å²) in [5.74, 6) is 0.0723. The second-order valence-electron chi connectivity index (χ2n) is 6.04. The van der Waals surface area contributed by atoms with Crippen molar-refractivity contribution in [3.63, 3.8) is 0 Å². The van der Waals surface area contributed by atoms with Gasteiger partial charge in [-0.3, -0.25) is 4.79 Å². The number of aromatic nitrogens is 1. The summed E-state index contributed by atoms with van der Waals surface area (Å²) in [5.41, 5.74) is 5.36. The summed E-state index contributed by atoms with van der Waals surface area (Å²) in [5, 5.41) is 0. The molecule has 1 aromatic carbocycles. The maximum Gasteiger partial charge on any atom is 0.186 e. The van der Waals surface area contributed by atoms with Gasteiger partial charge in [-0.25, -0.2) is 0 Å². The Hall–Kier alpha value is -2.39. The molecule has 0 amide bonds. The third-order valence-electron chi connectivity index (χ3n) is 4.24. The Bertz CT molecular complexity index is 913. The zero-order valence-electron chi connectivity index (χ0n) is 14.5. The fourth-order valence-corrected chi connectivity index (χ4v) is 3.94. The van der Waals surface area contributed by atoms with Crippen LogP contribution in [0.2, 0.25) is 0 Å². The van der Waals surface area contributed by atoms with E-state index in [0.29, 0.717) is 0 Å². The zero-order chi connectivity index (χ0) is 17.3. The lowest BCUT2D eigenvalue weighted by molar-refractivity contribution is 0.104. The third kappa shape index (κ3) is 3.13. The van der Waals surface area contributed by atoms with E-state index in [4.69, 9.17) is 0 Å². The molecule has 0 aliphatic carbocycles.